The number of nitrogens with one attached hydrogen (secondary N) is 1. The molecule has 0 aromatic carbocycles. The van der Waals surface area contributed by atoms with Crippen molar-refractivity contribution in [2.75, 3.05) is 30.3 Å². The monoisotopic (exact) mass is 264 g/mol. The van der Waals surface area contributed by atoms with Crippen LogP contribution >= 0.6 is 0 Å². The molecular weight excluding hydrogens is 244 g/mol. The molecule has 1 aromatic heterocycles. The van der Waals surface area contributed by atoms with Crippen molar-refractivity contribution in [1.82, 2.24) is 10.3 Å². The Morgan fingerprint density at radius 3 is 2.89 bits per heavy atom. The van der Waals surface area contributed by atoms with E-state index in [-0.39, 0.29) is 0 Å². The van der Waals surface area contributed by atoms with Gasteiger partial charge in [-0.2, -0.15) is 0 Å². The molecule has 1 aromatic rings. The lowest BCUT2D eigenvalue weighted by Gasteiger charge is -2.33. The summed E-state index contributed by atoms with van der Waals surface area (Å²) in [5, 5.41) is 10.9. The van der Waals surface area contributed by atoms with Crippen molar-refractivity contribution in [2.24, 2.45) is 5.92 Å². The van der Waals surface area contributed by atoms with E-state index in [1.807, 2.05) is 12.1 Å². The number of aromatic nitrogens is 1. The van der Waals surface area contributed by atoms with Crippen LogP contribution in [0.2, 0.25) is 0 Å². The second-order valence-electron chi connectivity index (χ2n) is 4.89. The minimum atomic E-state index is -0.940. The third-order valence-corrected chi connectivity index (χ3v) is 3.57. The molecule has 1 aliphatic heterocycles. The fraction of sp³-hybridized carbons (Fsp3) is 0.538. The number of hydrogen-bond donors (Lipinski definition) is 3. The van der Waals surface area contributed by atoms with Crippen LogP contribution in [0.25, 0.3) is 0 Å². The van der Waals surface area contributed by atoms with Gasteiger partial charge in [-0.3, -0.25) is 0 Å². The highest BCUT2D eigenvalue weighted by atomic mass is 16.4. The average molecular weight is 264 g/mol. The first-order valence-corrected chi connectivity index (χ1v) is 6.58. The Morgan fingerprint density at radius 2 is 2.26 bits per heavy atom. The molecule has 0 atom stereocenters. The number of rotatable bonds is 4. The highest BCUT2D eigenvalue weighted by Crippen LogP contribution is 2.25. The molecule has 0 spiro atoms. The topological polar surface area (TPSA) is 91.5 Å². The Morgan fingerprint density at radius 1 is 1.53 bits per heavy atom. The van der Waals surface area contributed by atoms with E-state index in [1.54, 1.807) is 6.20 Å². The lowest BCUT2D eigenvalue weighted by Crippen LogP contribution is -2.35. The smallest absolute Gasteiger partial charge is 0.404 e. The van der Waals surface area contributed by atoms with E-state index >= 15 is 0 Å². The quantitative estimate of drug-likeness (QED) is 0.767. The first-order chi connectivity index (χ1) is 9.15. The van der Waals surface area contributed by atoms with Gasteiger partial charge in [0.2, 0.25) is 0 Å². The minimum absolute atomic E-state index is 0.544. The van der Waals surface area contributed by atoms with E-state index in [1.165, 1.54) is 0 Å². The van der Waals surface area contributed by atoms with E-state index in [9.17, 15) is 4.79 Å². The summed E-state index contributed by atoms with van der Waals surface area (Å²) in [7, 11) is 0. The van der Waals surface area contributed by atoms with Gasteiger partial charge in [0.25, 0.3) is 0 Å². The minimum Gasteiger partial charge on any atom is -0.465 e. The molecule has 0 saturated carbocycles. The number of piperidine rings is 1. The number of hydrogen-bond acceptors (Lipinski definition) is 4. The summed E-state index contributed by atoms with van der Waals surface area (Å²) in [6.07, 6.45) is 3.88. The van der Waals surface area contributed by atoms with Crippen LogP contribution in [-0.4, -0.2) is 35.8 Å². The fourth-order valence-electron chi connectivity index (χ4n) is 2.50. The third kappa shape index (κ3) is 4.01. The Kier molecular flexibility index (Phi) is 4.43. The van der Waals surface area contributed by atoms with Crippen molar-refractivity contribution in [3.05, 3.63) is 18.3 Å². The molecule has 0 radical (unpaired) electrons. The highest BCUT2D eigenvalue weighted by Gasteiger charge is 2.19. The molecule has 1 amide bonds. The third-order valence-electron chi connectivity index (χ3n) is 3.57. The van der Waals surface area contributed by atoms with Gasteiger partial charge < -0.3 is 21.1 Å². The first kappa shape index (κ1) is 13.5. The molecule has 6 nitrogen and oxygen atoms in total. The summed E-state index contributed by atoms with van der Waals surface area (Å²) in [6.45, 7) is 2.52. The van der Waals surface area contributed by atoms with Crippen LogP contribution in [0, 0.1) is 5.92 Å². The Bertz CT molecular complexity index is 430. The van der Waals surface area contributed by atoms with Gasteiger partial charge in [0.05, 0.1) is 0 Å². The normalized spacial score (nSPS) is 16.3. The van der Waals surface area contributed by atoms with Gasteiger partial charge in [-0.1, -0.05) is 0 Å². The first-order valence-electron chi connectivity index (χ1n) is 6.58. The summed E-state index contributed by atoms with van der Waals surface area (Å²) < 4.78 is 0. The number of nitrogens with zero attached hydrogens (tertiary/aromatic N) is 2. The van der Waals surface area contributed by atoms with Crippen LogP contribution in [-0.2, 0) is 0 Å². The number of amides is 1. The van der Waals surface area contributed by atoms with Crippen LogP contribution in [0.15, 0.2) is 18.3 Å². The average Bonchev–Trinajstić information content (AvgIpc) is 2.39. The molecule has 2 heterocycles. The van der Waals surface area contributed by atoms with Crippen LogP contribution < -0.4 is 16.0 Å². The zero-order chi connectivity index (χ0) is 13.7. The van der Waals surface area contributed by atoms with Crippen LogP contribution in [0.3, 0.4) is 0 Å². The van der Waals surface area contributed by atoms with Gasteiger partial charge in [-0.25, -0.2) is 9.78 Å². The lowest BCUT2D eigenvalue weighted by atomic mass is 9.93. The Hall–Kier alpha value is -1.98. The van der Waals surface area contributed by atoms with E-state index in [2.05, 4.69) is 15.2 Å². The highest BCUT2D eigenvalue weighted by molar-refractivity contribution is 5.64. The summed E-state index contributed by atoms with van der Waals surface area (Å²) in [6, 6.07) is 3.87. The maximum Gasteiger partial charge on any atom is 0.404 e. The summed E-state index contributed by atoms with van der Waals surface area (Å²) in [5.74, 6) is 1.15. The van der Waals surface area contributed by atoms with Gasteiger partial charge in [0.15, 0.2) is 0 Å². The lowest BCUT2D eigenvalue weighted by molar-refractivity contribution is 0.193. The van der Waals surface area contributed by atoms with E-state index < -0.39 is 6.09 Å². The summed E-state index contributed by atoms with van der Waals surface area (Å²) >= 11 is 0. The fourth-order valence-corrected chi connectivity index (χ4v) is 2.50. The summed E-state index contributed by atoms with van der Waals surface area (Å²) in [5.41, 5.74) is 6.80. The van der Waals surface area contributed by atoms with E-state index in [4.69, 9.17) is 10.8 Å². The molecule has 1 fully saturated rings. The van der Waals surface area contributed by atoms with Crippen molar-refractivity contribution < 1.29 is 9.90 Å². The largest absolute Gasteiger partial charge is 0.465 e. The van der Waals surface area contributed by atoms with Crippen molar-refractivity contribution in [2.45, 2.75) is 19.3 Å². The number of pyridine rings is 1. The van der Waals surface area contributed by atoms with Crippen molar-refractivity contribution in [3.63, 3.8) is 0 Å². The number of nitrogens with two attached hydrogens (primary N) is 1. The maximum atomic E-state index is 10.4. The molecule has 4 N–H and O–H groups in total. The van der Waals surface area contributed by atoms with Gasteiger partial charge in [0.1, 0.15) is 5.82 Å². The van der Waals surface area contributed by atoms with Gasteiger partial charge in [-0.05, 0) is 31.2 Å². The Labute approximate surface area is 112 Å². The predicted octanol–water partition coefficient (Wildman–Crippen LogP) is 1.54. The number of anilines is 2. The van der Waals surface area contributed by atoms with E-state index in [0.29, 0.717) is 18.3 Å². The van der Waals surface area contributed by atoms with Crippen molar-refractivity contribution in [3.8, 4) is 0 Å². The zero-order valence-electron chi connectivity index (χ0n) is 10.9. The van der Waals surface area contributed by atoms with Gasteiger partial charge in [-0.15, -0.1) is 0 Å². The summed E-state index contributed by atoms with van der Waals surface area (Å²) in [4.78, 5) is 16.7. The molecule has 19 heavy (non-hydrogen) atoms. The molecule has 2 rings (SSSR count). The molecule has 6 heteroatoms. The number of carboxylic acid groups (broad SMARTS) is 1. The predicted molar refractivity (Wildman–Crippen MR) is 74.2 cm³/mol. The van der Waals surface area contributed by atoms with Crippen molar-refractivity contribution in [1.29, 1.82) is 0 Å². The second kappa shape index (κ2) is 6.26. The molecule has 0 aliphatic carbocycles. The molecular formula is C13H20N4O2. The van der Waals surface area contributed by atoms with Crippen LogP contribution in [0.4, 0.5) is 16.3 Å². The second-order valence-corrected chi connectivity index (χ2v) is 4.89. The van der Waals surface area contributed by atoms with E-state index in [0.717, 1.165) is 38.0 Å². The number of carbonyl (C=O) groups is 1. The van der Waals surface area contributed by atoms with Crippen LogP contribution in [0.5, 0.6) is 0 Å². The zero-order valence-corrected chi connectivity index (χ0v) is 10.9. The molecule has 0 unspecified atom stereocenters. The Balaban J connectivity index is 1.77. The maximum absolute atomic E-state index is 10.4. The van der Waals surface area contributed by atoms with Crippen molar-refractivity contribution >= 4 is 17.6 Å². The van der Waals surface area contributed by atoms with Gasteiger partial charge in [0, 0.05) is 37.6 Å². The molecule has 1 saturated heterocycles. The number of nitrogen functional groups attached to an aromatic ring is 1. The molecule has 0 bridgehead atoms. The van der Waals surface area contributed by atoms with Crippen LogP contribution in [0.1, 0.15) is 19.3 Å². The molecule has 104 valence electrons. The standard InChI is InChI=1S/C13H20N4O2/c14-12-9-11(2-6-15-12)17-7-3-10(4-8-17)1-5-16-13(18)19/h2,6,9-10,16H,1,3-5,7-8H2,(H2,14,15)(H,18,19). The van der Waals surface area contributed by atoms with Gasteiger partial charge >= 0.3 is 6.09 Å². The molecule has 1 aliphatic rings. The SMILES string of the molecule is Nc1cc(N2CCC(CCNC(=O)O)CC2)ccn1.